The van der Waals surface area contributed by atoms with Crippen molar-refractivity contribution in [3.63, 3.8) is 0 Å². The number of carbonyl (C=O) groups is 1. The second-order valence-corrected chi connectivity index (χ2v) is 5.46. The summed E-state index contributed by atoms with van der Waals surface area (Å²) in [5.74, 6) is 1.62. The molecule has 0 spiro atoms. The number of carbonyl (C=O) groups excluding carboxylic acids is 1. The molecule has 0 aromatic heterocycles. The standard InChI is InChI=1S/C15H22N2O/c1-10-4-6-14(7-5-10)17-15(18)12(3)16-9-13-8-11(13)2/h4-7,11-13,16H,8-9H2,1-3H3,(H,17,18). The van der Waals surface area contributed by atoms with Crippen LogP contribution >= 0.6 is 0 Å². The van der Waals surface area contributed by atoms with Gasteiger partial charge in [-0.15, -0.1) is 0 Å². The molecule has 0 saturated heterocycles. The number of amides is 1. The molecule has 3 unspecified atom stereocenters. The smallest absolute Gasteiger partial charge is 0.241 e. The van der Waals surface area contributed by atoms with Crippen molar-refractivity contribution >= 4 is 11.6 Å². The minimum Gasteiger partial charge on any atom is -0.325 e. The minimum absolute atomic E-state index is 0.0344. The third kappa shape index (κ3) is 3.57. The predicted molar refractivity (Wildman–Crippen MR) is 74.5 cm³/mol. The van der Waals surface area contributed by atoms with Crippen molar-refractivity contribution in [2.45, 2.75) is 33.2 Å². The SMILES string of the molecule is Cc1ccc(NC(=O)C(C)NCC2CC2C)cc1. The van der Waals surface area contributed by atoms with Gasteiger partial charge >= 0.3 is 0 Å². The first-order valence-corrected chi connectivity index (χ1v) is 6.67. The van der Waals surface area contributed by atoms with Crippen LogP contribution in [0.25, 0.3) is 0 Å². The molecule has 2 N–H and O–H groups in total. The maximum atomic E-state index is 11.9. The summed E-state index contributed by atoms with van der Waals surface area (Å²) in [6, 6.07) is 7.73. The molecule has 1 aromatic rings. The number of hydrogen-bond acceptors (Lipinski definition) is 2. The van der Waals surface area contributed by atoms with E-state index in [9.17, 15) is 4.79 Å². The van der Waals surface area contributed by atoms with E-state index in [0.717, 1.165) is 24.1 Å². The molecule has 1 amide bonds. The predicted octanol–water partition coefficient (Wildman–Crippen LogP) is 2.57. The molecule has 98 valence electrons. The Kier molecular flexibility index (Phi) is 4.02. The molecule has 0 bridgehead atoms. The van der Waals surface area contributed by atoms with Gasteiger partial charge in [-0.3, -0.25) is 4.79 Å². The molecule has 0 heterocycles. The summed E-state index contributed by atoms with van der Waals surface area (Å²) in [7, 11) is 0. The van der Waals surface area contributed by atoms with Crippen LogP contribution in [-0.4, -0.2) is 18.5 Å². The van der Waals surface area contributed by atoms with Gasteiger partial charge in [-0.05, 0) is 50.8 Å². The van der Waals surface area contributed by atoms with Gasteiger partial charge in [-0.1, -0.05) is 24.6 Å². The summed E-state index contributed by atoms with van der Waals surface area (Å²) in [6.07, 6.45) is 1.29. The van der Waals surface area contributed by atoms with Crippen LogP contribution in [0.2, 0.25) is 0 Å². The summed E-state index contributed by atoms with van der Waals surface area (Å²) < 4.78 is 0. The van der Waals surface area contributed by atoms with Crippen molar-refractivity contribution < 1.29 is 4.79 Å². The molecule has 3 heteroatoms. The molecule has 1 aliphatic carbocycles. The van der Waals surface area contributed by atoms with Crippen LogP contribution < -0.4 is 10.6 Å². The van der Waals surface area contributed by atoms with Gasteiger partial charge in [0.05, 0.1) is 6.04 Å². The molecular formula is C15H22N2O. The largest absolute Gasteiger partial charge is 0.325 e. The average Bonchev–Trinajstić information content (AvgIpc) is 3.05. The fourth-order valence-corrected chi connectivity index (χ4v) is 1.99. The van der Waals surface area contributed by atoms with Crippen LogP contribution in [0.3, 0.4) is 0 Å². The quantitative estimate of drug-likeness (QED) is 0.838. The maximum absolute atomic E-state index is 11.9. The van der Waals surface area contributed by atoms with E-state index in [1.165, 1.54) is 12.0 Å². The molecule has 1 fully saturated rings. The second-order valence-electron chi connectivity index (χ2n) is 5.46. The number of aryl methyl sites for hydroxylation is 1. The van der Waals surface area contributed by atoms with Crippen LogP contribution in [0.1, 0.15) is 25.8 Å². The van der Waals surface area contributed by atoms with Crippen molar-refractivity contribution in [1.82, 2.24) is 5.32 Å². The van der Waals surface area contributed by atoms with Crippen LogP contribution in [0.15, 0.2) is 24.3 Å². The number of rotatable bonds is 5. The Morgan fingerprint density at radius 3 is 2.56 bits per heavy atom. The Morgan fingerprint density at radius 2 is 2.00 bits per heavy atom. The van der Waals surface area contributed by atoms with E-state index in [-0.39, 0.29) is 11.9 Å². The lowest BCUT2D eigenvalue weighted by atomic mass is 10.2. The summed E-state index contributed by atoms with van der Waals surface area (Å²) in [4.78, 5) is 11.9. The maximum Gasteiger partial charge on any atom is 0.241 e. The summed E-state index contributed by atoms with van der Waals surface area (Å²) in [5.41, 5.74) is 2.06. The van der Waals surface area contributed by atoms with Crippen LogP contribution in [-0.2, 0) is 4.79 Å². The van der Waals surface area contributed by atoms with Gasteiger partial charge in [0, 0.05) is 5.69 Å². The fourth-order valence-electron chi connectivity index (χ4n) is 1.99. The van der Waals surface area contributed by atoms with E-state index in [1.54, 1.807) is 0 Å². The van der Waals surface area contributed by atoms with E-state index in [0.29, 0.717) is 0 Å². The molecule has 3 nitrogen and oxygen atoms in total. The molecular weight excluding hydrogens is 224 g/mol. The number of anilines is 1. The van der Waals surface area contributed by atoms with Crippen LogP contribution in [0, 0.1) is 18.8 Å². The zero-order chi connectivity index (χ0) is 13.1. The zero-order valence-corrected chi connectivity index (χ0v) is 11.4. The van der Waals surface area contributed by atoms with Crippen molar-refractivity contribution in [3.8, 4) is 0 Å². The molecule has 0 aliphatic heterocycles. The highest BCUT2D eigenvalue weighted by atomic mass is 16.2. The van der Waals surface area contributed by atoms with E-state index in [1.807, 2.05) is 38.1 Å². The molecule has 1 saturated carbocycles. The Hall–Kier alpha value is -1.35. The van der Waals surface area contributed by atoms with Gasteiger partial charge in [-0.2, -0.15) is 0 Å². The highest BCUT2D eigenvalue weighted by Gasteiger charge is 2.32. The van der Waals surface area contributed by atoms with E-state index >= 15 is 0 Å². The first kappa shape index (κ1) is 13.1. The molecule has 0 radical (unpaired) electrons. The highest BCUT2D eigenvalue weighted by Crippen LogP contribution is 2.36. The van der Waals surface area contributed by atoms with Gasteiger partial charge in [0.25, 0.3) is 0 Å². The summed E-state index contributed by atoms with van der Waals surface area (Å²) >= 11 is 0. The van der Waals surface area contributed by atoms with Crippen molar-refractivity contribution in [2.75, 3.05) is 11.9 Å². The van der Waals surface area contributed by atoms with Gasteiger partial charge in [0.15, 0.2) is 0 Å². The topological polar surface area (TPSA) is 41.1 Å². The third-order valence-corrected chi connectivity index (χ3v) is 3.67. The van der Waals surface area contributed by atoms with Crippen molar-refractivity contribution in [3.05, 3.63) is 29.8 Å². The van der Waals surface area contributed by atoms with E-state index in [2.05, 4.69) is 17.6 Å². The van der Waals surface area contributed by atoms with E-state index < -0.39 is 0 Å². The third-order valence-electron chi connectivity index (χ3n) is 3.67. The lowest BCUT2D eigenvalue weighted by Gasteiger charge is -2.14. The molecule has 1 aromatic carbocycles. The molecule has 1 aliphatic rings. The Morgan fingerprint density at radius 1 is 1.39 bits per heavy atom. The fraction of sp³-hybridized carbons (Fsp3) is 0.533. The van der Waals surface area contributed by atoms with Crippen molar-refractivity contribution in [1.29, 1.82) is 0 Å². The first-order chi connectivity index (χ1) is 8.56. The van der Waals surface area contributed by atoms with Crippen LogP contribution in [0.4, 0.5) is 5.69 Å². The lowest BCUT2D eigenvalue weighted by molar-refractivity contribution is -0.117. The van der Waals surface area contributed by atoms with Crippen molar-refractivity contribution in [2.24, 2.45) is 11.8 Å². The summed E-state index contributed by atoms with van der Waals surface area (Å²) in [6.45, 7) is 7.15. The van der Waals surface area contributed by atoms with E-state index in [4.69, 9.17) is 0 Å². The number of nitrogens with one attached hydrogen (secondary N) is 2. The highest BCUT2D eigenvalue weighted by molar-refractivity contribution is 5.94. The minimum atomic E-state index is -0.140. The average molecular weight is 246 g/mol. The van der Waals surface area contributed by atoms with Gasteiger partial charge in [-0.25, -0.2) is 0 Å². The first-order valence-electron chi connectivity index (χ1n) is 6.67. The second kappa shape index (κ2) is 5.53. The Labute approximate surface area is 109 Å². The number of benzene rings is 1. The van der Waals surface area contributed by atoms with Gasteiger partial charge < -0.3 is 10.6 Å². The molecule has 2 rings (SSSR count). The van der Waals surface area contributed by atoms with Gasteiger partial charge in [0.2, 0.25) is 5.91 Å². The summed E-state index contributed by atoms with van der Waals surface area (Å²) in [5, 5.41) is 6.22. The monoisotopic (exact) mass is 246 g/mol. The van der Waals surface area contributed by atoms with Crippen LogP contribution in [0.5, 0.6) is 0 Å². The Bertz CT molecular complexity index is 413. The zero-order valence-electron chi connectivity index (χ0n) is 11.4. The Balaban J connectivity index is 1.77. The normalized spacial score (nSPS) is 23.5. The molecule has 18 heavy (non-hydrogen) atoms. The van der Waals surface area contributed by atoms with Gasteiger partial charge in [0.1, 0.15) is 0 Å². The molecule has 3 atom stereocenters. The lowest BCUT2D eigenvalue weighted by Crippen LogP contribution is -2.39. The number of hydrogen-bond donors (Lipinski definition) is 2.